The lowest BCUT2D eigenvalue weighted by Crippen LogP contribution is -2.38. The lowest BCUT2D eigenvalue weighted by molar-refractivity contribution is 0.0844. The van der Waals surface area contributed by atoms with Crippen molar-refractivity contribution in [3.63, 3.8) is 0 Å². The molecular formula is C15H21NO. The lowest BCUT2D eigenvalue weighted by Gasteiger charge is -2.25. The molecule has 2 nitrogen and oxygen atoms in total. The molecule has 0 aromatic heterocycles. The first-order valence-electron chi connectivity index (χ1n) is 6.57. The summed E-state index contributed by atoms with van der Waals surface area (Å²) in [6.45, 7) is 6.30. The van der Waals surface area contributed by atoms with Gasteiger partial charge in [0.2, 0.25) is 0 Å². The third kappa shape index (κ3) is 2.75. The zero-order chi connectivity index (χ0) is 12.3. The van der Waals surface area contributed by atoms with E-state index in [1.165, 1.54) is 12.8 Å². The summed E-state index contributed by atoms with van der Waals surface area (Å²) in [5.74, 6) is 0.290. The molecule has 0 N–H and O–H groups in total. The highest BCUT2D eigenvalue weighted by molar-refractivity contribution is 6.00. The molecule has 0 radical (unpaired) electrons. The molecule has 1 saturated heterocycles. The average Bonchev–Trinajstić information content (AvgIpc) is 2.83. The van der Waals surface area contributed by atoms with Crippen LogP contribution in [-0.4, -0.2) is 29.8 Å². The van der Waals surface area contributed by atoms with Crippen molar-refractivity contribution in [3.8, 4) is 0 Å². The van der Waals surface area contributed by atoms with E-state index in [1.54, 1.807) is 0 Å². The van der Waals surface area contributed by atoms with Gasteiger partial charge in [-0.1, -0.05) is 30.7 Å². The van der Waals surface area contributed by atoms with E-state index in [1.807, 2.05) is 31.2 Å². The Morgan fingerprint density at radius 1 is 1.35 bits per heavy atom. The molecule has 1 aromatic carbocycles. The molecule has 1 heterocycles. The lowest BCUT2D eigenvalue weighted by atomic mass is 9.99. The van der Waals surface area contributed by atoms with E-state index < -0.39 is 0 Å². The second-order valence-electron chi connectivity index (χ2n) is 4.90. The van der Waals surface area contributed by atoms with Crippen molar-refractivity contribution < 1.29 is 4.79 Å². The summed E-state index contributed by atoms with van der Waals surface area (Å²) in [6.07, 6.45) is 3.38. The Balaban J connectivity index is 2.16. The van der Waals surface area contributed by atoms with Gasteiger partial charge in [-0.3, -0.25) is 9.69 Å². The summed E-state index contributed by atoms with van der Waals surface area (Å²) < 4.78 is 0. The van der Waals surface area contributed by atoms with Crippen molar-refractivity contribution in [1.82, 2.24) is 4.90 Å². The number of benzene rings is 1. The number of aryl methyl sites for hydroxylation is 1. The molecule has 2 rings (SSSR count). The smallest absolute Gasteiger partial charge is 0.179 e. The maximum Gasteiger partial charge on any atom is 0.179 e. The van der Waals surface area contributed by atoms with Crippen molar-refractivity contribution in [2.75, 3.05) is 13.1 Å². The van der Waals surface area contributed by atoms with Crippen LogP contribution in [0.25, 0.3) is 0 Å². The Bertz CT molecular complexity index is 394. The minimum Gasteiger partial charge on any atom is -0.293 e. The van der Waals surface area contributed by atoms with Crippen LogP contribution in [-0.2, 0) is 0 Å². The summed E-state index contributed by atoms with van der Waals surface area (Å²) in [4.78, 5) is 14.8. The minimum absolute atomic E-state index is 0.0827. The maximum absolute atomic E-state index is 12.5. The molecule has 1 fully saturated rings. The van der Waals surface area contributed by atoms with Gasteiger partial charge in [0.25, 0.3) is 0 Å². The van der Waals surface area contributed by atoms with Crippen molar-refractivity contribution in [3.05, 3.63) is 35.4 Å². The summed E-state index contributed by atoms with van der Waals surface area (Å²) in [7, 11) is 0. The van der Waals surface area contributed by atoms with Crippen LogP contribution in [0.4, 0.5) is 0 Å². The van der Waals surface area contributed by atoms with Gasteiger partial charge in [-0.2, -0.15) is 0 Å². The highest BCUT2D eigenvalue weighted by Crippen LogP contribution is 2.18. The fourth-order valence-electron chi connectivity index (χ4n) is 2.65. The summed E-state index contributed by atoms with van der Waals surface area (Å²) in [6, 6.07) is 8.03. The van der Waals surface area contributed by atoms with Crippen LogP contribution in [0.1, 0.15) is 42.1 Å². The van der Waals surface area contributed by atoms with E-state index in [4.69, 9.17) is 0 Å². The molecule has 0 unspecified atom stereocenters. The molecule has 0 aliphatic carbocycles. The van der Waals surface area contributed by atoms with Gasteiger partial charge >= 0.3 is 0 Å². The number of ketones is 1. The van der Waals surface area contributed by atoms with Gasteiger partial charge < -0.3 is 0 Å². The molecule has 1 aliphatic heterocycles. The molecule has 1 atom stereocenters. The molecule has 1 aliphatic rings. The quantitative estimate of drug-likeness (QED) is 0.742. The van der Waals surface area contributed by atoms with Crippen LogP contribution in [0.3, 0.4) is 0 Å². The van der Waals surface area contributed by atoms with E-state index in [0.29, 0.717) is 0 Å². The first-order chi connectivity index (χ1) is 8.22. The van der Waals surface area contributed by atoms with E-state index in [2.05, 4.69) is 11.8 Å². The summed E-state index contributed by atoms with van der Waals surface area (Å²) in [5.41, 5.74) is 2.02. The first kappa shape index (κ1) is 12.3. The first-order valence-corrected chi connectivity index (χ1v) is 6.57. The molecular weight excluding hydrogens is 210 g/mol. The second-order valence-corrected chi connectivity index (χ2v) is 4.90. The molecule has 92 valence electrons. The Hall–Kier alpha value is -1.15. The third-order valence-corrected chi connectivity index (χ3v) is 3.57. The van der Waals surface area contributed by atoms with Crippen LogP contribution in [0, 0.1) is 6.92 Å². The number of nitrogens with zero attached hydrogens (tertiary/aromatic N) is 1. The molecule has 0 spiro atoms. The largest absolute Gasteiger partial charge is 0.293 e. The molecule has 17 heavy (non-hydrogen) atoms. The van der Waals surface area contributed by atoms with Crippen LogP contribution < -0.4 is 0 Å². The highest BCUT2D eigenvalue weighted by Gasteiger charge is 2.27. The van der Waals surface area contributed by atoms with Gasteiger partial charge in [-0.25, -0.2) is 0 Å². The number of likely N-dealkylation sites (tertiary alicyclic amines) is 1. The topological polar surface area (TPSA) is 20.3 Å². The number of hydrogen-bond donors (Lipinski definition) is 0. The van der Waals surface area contributed by atoms with Gasteiger partial charge in [0.1, 0.15) is 0 Å². The Kier molecular flexibility index (Phi) is 3.95. The number of rotatable bonds is 4. The zero-order valence-corrected chi connectivity index (χ0v) is 10.8. The monoisotopic (exact) mass is 231 g/mol. The molecule has 0 saturated carbocycles. The van der Waals surface area contributed by atoms with Crippen molar-refractivity contribution in [1.29, 1.82) is 0 Å². The Labute approximate surface area is 104 Å². The number of carbonyl (C=O) groups excluding carboxylic acids is 1. The number of carbonyl (C=O) groups is 1. The summed E-state index contributed by atoms with van der Waals surface area (Å²) in [5, 5.41) is 0. The van der Waals surface area contributed by atoms with Crippen LogP contribution in [0.15, 0.2) is 24.3 Å². The van der Waals surface area contributed by atoms with Crippen LogP contribution in [0.2, 0.25) is 0 Å². The molecule has 1 aromatic rings. The minimum atomic E-state index is 0.0827. The normalized spacial score (nSPS) is 18.2. The molecule has 2 heteroatoms. The van der Waals surface area contributed by atoms with E-state index >= 15 is 0 Å². The van der Waals surface area contributed by atoms with Gasteiger partial charge in [0, 0.05) is 5.56 Å². The van der Waals surface area contributed by atoms with Crippen molar-refractivity contribution in [2.45, 2.75) is 39.2 Å². The van der Waals surface area contributed by atoms with Gasteiger partial charge in [-0.05, 0) is 45.3 Å². The number of Topliss-reactive ketones (excluding diaryl/α,β-unsaturated/α-hetero) is 1. The van der Waals surface area contributed by atoms with E-state index in [9.17, 15) is 4.79 Å². The van der Waals surface area contributed by atoms with Crippen molar-refractivity contribution >= 4 is 5.78 Å². The molecule has 0 bridgehead atoms. The van der Waals surface area contributed by atoms with Crippen molar-refractivity contribution in [2.24, 2.45) is 0 Å². The Morgan fingerprint density at radius 3 is 2.65 bits per heavy atom. The fourth-order valence-corrected chi connectivity index (χ4v) is 2.65. The third-order valence-electron chi connectivity index (χ3n) is 3.57. The van der Waals surface area contributed by atoms with Crippen LogP contribution >= 0.6 is 0 Å². The predicted molar refractivity (Wildman–Crippen MR) is 70.4 cm³/mol. The van der Waals surface area contributed by atoms with E-state index in [0.717, 1.165) is 30.6 Å². The van der Waals surface area contributed by atoms with Crippen LogP contribution in [0.5, 0.6) is 0 Å². The van der Waals surface area contributed by atoms with Gasteiger partial charge in [0.15, 0.2) is 5.78 Å². The van der Waals surface area contributed by atoms with Gasteiger partial charge in [-0.15, -0.1) is 0 Å². The standard InChI is InChI=1S/C15H21NO/c1-3-14(16-9-4-5-10-16)15(17)13-8-6-7-12(2)11-13/h6-8,11,14H,3-5,9-10H2,1-2H3/t14-/m0/s1. The number of hydrogen-bond acceptors (Lipinski definition) is 2. The SMILES string of the molecule is CC[C@@H](C(=O)c1cccc(C)c1)N1CCCC1. The van der Waals surface area contributed by atoms with E-state index in [-0.39, 0.29) is 11.8 Å². The second kappa shape index (κ2) is 5.46. The maximum atomic E-state index is 12.5. The van der Waals surface area contributed by atoms with Gasteiger partial charge in [0.05, 0.1) is 6.04 Å². The fraction of sp³-hybridized carbons (Fsp3) is 0.533. The Morgan fingerprint density at radius 2 is 2.06 bits per heavy atom. The average molecular weight is 231 g/mol. The summed E-state index contributed by atoms with van der Waals surface area (Å²) >= 11 is 0. The highest BCUT2D eigenvalue weighted by atomic mass is 16.1. The zero-order valence-electron chi connectivity index (χ0n) is 10.8. The predicted octanol–water partition coefficient (Wildman–Crippen LogP) is 3.05. The molecule has 0 amide bonds.